The van der Waals surface area contributed by atoms with Gasteiger partial charge >= 0.3 is 0 Å². The van der Waals surface area contributed by atoms with Crippen LogP contribution in [0.4, 0.5) is 4.39 Å². The van der Waals surface area contributed by atoms with E-state index < -0.39 is 0 Å². The van der Waals surface area contributed by atoms with Crippen molar-refractivity contribution in [1.82, 2.24) is 10.2 Å². The van der Waals surface area contributed by atoms with Crippen molar-refractivity contribution in [2.45, 2.75) is 26.4 Å². The average molecular weight is 377 g/mol. The number of rotatable bonds is 4. The van der Waals surface area contributed by atoms with Gasteiger partial charge in [-0.3, -0.25) is 9.79 Å². The molecule has 1 unspecified atom stereocenters. The number of fused-ring (bicyclic) bond motifs is 1. The van der Waals surface area contributed by atoms with Crippen LogP contribution in [-0.2, 0) is 11.3 Å². The summed E-state index contributed by atoms with van der Waals surface area (Å²) in [6, 6.07) is 16.1. The minimum atomic E-state index is -0.284. The molecule has 0 bridgehead atoms. The Hall–Kier alpha value is -2.95. The van der Waals surface area contributed by atoms with E-state index in [1.165, 1.54) is 12.1 Å². The van der Waals surface area contributed by atoms with Gasteiger partial charge in [-0.05, 0) is 29.2 Å². The van der Waals surface area contributed by atoms with Gasteiger partial charge in [0.05, 0.1) is 12.6 Å². The van der Waals surface area contributed by atoms with Crippen molar-refractivity contribution < 1.29 is 9.18 Å². The number of nitrogens with zero attached hydrogens (tertiary/aromatic N) is 2. The van der Waals surface area contributed by atoms with Crippen molar-refractivity contribution in [1.29, 1.82) is 0 Å². The summed E-state index contributed by atoms with van der Waals surface area (Å²) in [5.41, 5.74) is 4.47. The van der Waals surface area contributed by atoms with E-state index in [1.54, 1.807) is 12.1 Å². The number of allylic oxidation sites excluding steroid dienone is 1. The summed E-state index contributed by atoms with van der Waals surface area (Å²) in [5.74, 6) is -0.116. The molecule has 0 saturated carbocycles. The van der Waals surface area contributed by atoms with E-state index in [0.29, 0.717) is 25.3 Å². The highest BCUT2D eigenvalue weighted by Gasteiger charge is 2.44. The second kappa shape index (κ2) is 7.58. The van der Waals surface area contributed by atoms with Crippen LogP contribution in [0.15, 0.2) is 70.9 Å². The lowest BCUT2D eigenvalue weighted by Gasteiger charge is -2.27. The number of likely N-dealkylation sites (tertiary alicyclic amines) is 1. The Morgan fingerprint density at radius 3 is 2.54 bits per heavy atom. The lowest BCUT2D eigenvalue weighted by molar-refractivity contribution is -0.124. The summed E-state index contributed by atoms with van der Waals surface area (Å²) >= 11 is 0. The van der Waals surface area contributed by atoms with Crippen LogP contribution >= 0.6 is 0 Å². The van der Waals surface area contributed by atoms with Crippen LogP contribution in [0, 0.1) is 11.7 Å². The zero-order chi connectivity index (χ0) is 19.7. The standard InChI is InChI=1S/C23H24FN3O/c1-15(2)20-19-21(26-13-12-25-20)23(28)27(14-16-6-4-3-5-7-16)22(19)17-8-10-18(24)11-9-17/h3-11,15,22,25H,12-14H2,1-2H3. The first-order chi connectivity index (χ1) is 13.6. The fraction of sp³-hybridized carbons (Fsp3) is 0.304. The van der Waals surface area contributed by atoms with Crippen molar-refractivity contribution in [3.05, 3.63) is 82.8 Å². The number of carbonyl (C=O) groups excluding carboxylic acids is 1. The van der Waals surface area contributed by atoms with E-state index >= 15 is 0 Å². The maximum Gasteiger partial charge on any atom is 0.273 e. The maximum atomic E-state index is 13.6. The Morgan fingerprint density at radius 1 is 1.14 bits per heavy atom. The van der Waals surface area contributed by atoms with Crippen LogP contribution in [0.1, 0.15) is 31.0 Å². The molecule has 1 N–H and O–H groups in total. The number of benzene rings is 2. The van der Waals surface area contributed by atoms with Gasteiger partial charge in [-0.15, -0.1) is 0 Å². The number of hydrogen-bond donors (Lipinski definition) is 1. The number of aliphatic imine (C=N–C) groups is 1. The molecular weight excluding hydrogens is 353 g/mol. The highest BCUT2D eigenvalue weighted by atomic mass is 19.1. The normalized spacial score (nSPS) is 19.4. The van der Waals surface area contributed by atoms with Crippen LogP contribution in [0.5, 0.6) is 0 Å². The molecule has 2 aromatic carbocycles. The first kappa shape index (κ1) is 18.4. The Kier molecular flexibility index (Phi) is 4.99. The molecule has 1 atom stereocenters. The molecule has 2 aliphatic rings. The lowest BCUT2D eigenvalue weighted by Crippen LogP contribution is -2.30. The minimum absolute atomic E-state index is 0.0602. The first-order valence-electron chi connectivity index (χ1n) is 9.69. The second-order valence-corrected chi connectivity index (χ2v) is 7.51. The zero-order valence-electron chi connectivity index (χ0n) is 16.2. The molecule has 4 rings (SSSR count). The van der Waals surface area contributed by atoms with Crippen LogP contribution in [0.3, 0.4) is 0 Å². The first-order valence-corrected chi connectivity index (χ1v) is 9.69. The van der Waals surface area contributed by atoms with Crippen LogP contribution < -0.4 is 5.32 Å². The summed E-state index contributed by atoms with van der Waals surface area (Å²) < 4.78 is 13.6. The average Bonchev–Trinajstić information content (AvgIpc) is 2.85. The van der Waals surface area contributed by atoms with E-state index in [1.807, 2.05) is 35.2 Å². The molecule has 144 valence electrons. The predicted octanol–water partition coefficient (Wildman–Crippen LogP) is 3.86. The molecule has 4 nitrogen and oxygen atoms in total. The highest BCUT2D eigenvalue weighted by molar-refractivity contribution is 6.48. The number of carbonyl (C=O) groups is 1. The molecule has 2 heterocycles. The van der Waals surface area contributed by atoms with E-state index in [-0.39, 0.29) is 23.7 Å². The number of hydrogen-bond acceptors (Lipinski definition) is 3. The van der Waals surface area contributed by atoms with Crippen LogP contribution in [0.25, 0.3) is 0 Å². The van der Waals surface area contributed by atoms with Crippen molar-refractivity contribution >= 4 is 11.6 Å². The van der Waals surface area contributed by atoms with E-state index in [9.17, 15) is 9.18 Å². The molecule has 0 aliphatic carbocycles. The largest absolute Gasteiger partial charge is 0.386 e. The number of amides is 1. The summed E-state index contributed by atoms with van der Waals surface area (Å²) in [6.45, 7) is 5.99. The molecule has 0 aromatic heterocycles. The SMILES string of the molecule is CC(C)C1=C2C(=NCCN1)C(=O)N(Cc1ccccc1)C2c1ccc(F)cc1. The molecule has 1 amide bonds. The van der Waals surface area contributed by atoms with E-state index in [0.717, 1.165) is 22.4 Å². The number of halogens is 1. The fourth-order valence-electron chi connectivity index (χ4n) is 3.98. The quantitative estimate of drug-likeness (QED) is 0.879. The molecule has 2 aliphatic heterocycles. The van der Waals surface area contributed by atoms with Crippen molar-refractivity contribution in [3.8, 4) is 0 Å². The fourth-order valence-corrected chi connectivity index (χ4v) is 3.98. The number of nitrogens with one attached hydrogen (secondary N) is 1. The van der Waals surface area contributed by atoms with Crippen molar-refractivity contribution in [2.75, 3.05) is 13.1 Å². The molecule has 28 heavy (non-hydrogen) atoms. The molecule has 5 heteroatoms. The zero-order valence-corrected chi connectivity index (χ0v) is 16.2. The molecule has 0 spiro atoms. The van der Waals surface area contributed by atoms with E-state index in [2.05, 4.69) is 24.2 Å². The molecule has 0 radical (unpaired) electrons. The predicted molar refractivity (Wildman–Crippen MR) is 108 cm³/mol. The third-order valence-corrected chi connectivity index (χ3v) is 5.25. The van der Waals surface area contributed by atoms with Gasteiger partial charge in [-0.2, -0.15) is 0 Å². The van der Waals surface area contributed by atoms with Gasteiger partial charge < -0.3 is 10.2 Å². The molecule has 2 aromatic rings. The summed E-state index contributed by atoms with van der Waals surface area (Å²) in [7, 11) is 0. The Bertz CT molecular complexity index is 932. The van der Waals surface area contributed by atoms with Gasteiger partial charge in [0, 0.05) is 24.4 Å². The second-order valence-electron chi connectivity index (χ2n) is 7.51. The van der Waals surface area contributed by atoms with Crippen molar-refractivity contribution in [3.63, 3.8) is 0 Å². The third kappa shape index (κ3) is 3.33. The van der Waals surface area contributed by atoms with Crippen LogP contribution in [0.2, 0.25) is 0 Å². The smallest absolute Gasteiger partial charge is 0.273 e. The highest BCUT2D eigenvalue weighted by Crippen LogP contribution is 2.40. The summed E-state index contributed by atoms with van der Waals surface area (Å²) in [6.07, 6.45) is 0. The van der Waals surface area contributed by atoms with Crippen LogP contribution in [-0.4, -0.2) is 29.6 Å². The van der Waals surface area contributed by atoms with Gasteiger partial charge in [0.2, 0.25) is 0 Å². The van der Waals surface area contributed by atoms with Gasteiger partial charge in [0.1, 0.15) is 11.5 Å². The summed E-state index contributed by atoms with van der Waals surface area (Å²) in [5, 5.41) is 3.48. The van der Waals surface area contributed by atoms with Gasteiger partial charge in [0.25, 0.3) is 5.91 Å². The summed E-state index contributed by atoms with van der Waals surface area (Å²) in [4.78, 5) is 19.8. The Balaban J connectivity index is 1.87. The molecule has 1 saturated heterocycles. The van der Waals surface area contributed by atoms with E-state index in [4.69, 9.17) is 0 Å². The van der Waals surface area contributed by atoms with Gasteiger partial charge in [-0.1, -0.05) is 56.3 Å². The van der Waals surface area contributed by atoms with Gasteiger partial charge in [0.15, 0.2) is 0 Å². The topological polar surface area (TPSA) is 44.7 Å². The van der Waals surface area contributed by atoms with Gasteiger partial charge in [-0.25, -0.2) is 4.39 Å². The monoisotopic (exact) mass is 377 g/mol. The third-order valence-electron chi connectivity index (χ3n) is 5.25. The lowest BCUT2D eigenvalue weighted by atomic mass is 9.92. The Morgan fingerprint density at radius 2 is 1.86 bits per heavy atom. The molecule has 1 fully saturated rings. The van der Waals surface area contributed by atoms with Crippen molar-refractivity contribution in [2.24, 2.45) is 10.9 Å². The minimum Gasteiger partial charge on any atom is -0.386 e. The maximum absolute atomic E-state index is 13.6. The molecular formula is C23H24FN3O. The Labute approximate surface area is 164 Å².